The first-order chi connectivity index (χ1) is 7.08. The molecule has 0 aliphatic carbocycles. The summed E-state index contributed by atoms with van der Waals surface area (Å²) in [5.74, 6) is -0.560. The summed E-state index contributed by atoms with van der Waals surface area (Å²) in [5.41, 5.74) is 6.22. The summed E-state index contributed by atoms with van der Waals surface area (Å²) in [5, 5.41) is 0. The Kier molecular flexibility index (Phi) is 4.12. The van der Waals surface area contributed by atoms with Crippen LogP contribution >= 0.6 is 11.6 Å². The molecule has 0 heterocycles. The molecule has 1 aromatic rings. The van der Waals surface area contributed by atoms with Gasteiger partial charge in [0.05, 0.1) is 6.61 Å². The van der Waals surface area contributed by atoms with Gasteiger partial charge in [-0.15, -0.1) is 11.6 Å². The summed E-state index contributed by atoms with van der Waals surface area (Å²) in [6.07, 6.45) is 0.374. The molecule has 0 fully saturated rings. The molecular weight excluding hydrogens is 214 g/mol. The van der Waals surface area contributed by atoms with Crippen molar-refractivity contribution in [2.75, 3.05) is 13.7 Å². The fourth-order valence-corrected chi connectivity index (χ4v) is 1.62. The van der Waals surface area contributed by atoms with E-state index in [1.807, 2.05) is 30.3 Å². The van der Waals surface area contributed by atoms with Gasteiger partial charge in [0.1, 0.15) is 4.87 Å². The van der Waals surface area contributed by atoms with Gasteiger partial charge in [-0.25, -0.2) is 0 Å². The molecule has 0 aliphatic heterocycles. The third-order valence-electron chi connectivity index (χ3n) is 2.14. The topological polar surface area (TPSA) is 52.3 Å². The van der Waals surface area contributed by atoms with Gasteiger partial charge in [-0.1, -0.05) is 30.3 Å². The molecule has 0 saturated heterocycles. The zero-order valence-corrected chi connectivity index (χ0v) is 9.33. The van der Waals surface area contributed by atoms with Gasteiger partial charge in [-0.2, -0.15) is 0 Å². The van der Waals surface area contributed by atoms with Gasteiger partial charge in [-0.3, -0.25) is 4.79 Å². The molecule has 0 bridgehead atoms. The SMILES string of the molecule is COCC(Cl)(Cc1ccccc1)C(N)=O. The Balaban J connectivity index is 2.80. The number of nitrogens with two attached hydrogens (primary N) is 1. The van der Waals surface area contributed by atoms with E-state index in [0.29, 0.717) is 6.42 Å². The van der Waals surface area contributed by atoms with E-state index in [0.717, 1.165) is 5.56 Å². The van der Waals surface area contributed by atoms with E-state index in [2.05, 4.69) is 0 Å². The molecule has 1 atom stereocenters. The van der Waals surface area contributed by atoms with Crippen LogP contribution in [0.3, 0.4) is 0 Å². The second kappa shape index (κ2) is 5.14. The molecule has 0 aliphatic rings. The molecule has 2 N–H and O–H groups in total. The van der Waals surface area contributed by atoms with E-state index in [4.69, 9.17) is 22.1 Å². The maximum Gasteiger partial charge on any atom is 0.241 e. The van der Waals surface area contributed by atoms with Crippen molar-refractivity contribution in [3.8, 4) is 0 Å². The van der Waals surface area contributed by atoms with E-state index in [-0.39, 0.29) is 6.61 Å². The number of hydrogen-bond acceptors (Lipinski definition) is 2. The monoisotopic (exact) mass is 227 g/mol. The zero-order chi connectivity index (χ0) is 11.3. The highest BCUT2D eigenvalue weighted by Crippen LogP contribution is 2.21. The maximum absolute atomic E-state index is 11.2. The van der Waals surface area contributed by atoms with Gasteiger partial charge in [-0.05, 0) is 5.56 Å². The minimum absolute atomic E-state index is 0.110. The summed E-state index contributed by atoms with van der Waals surface area (Å²) in [6, 6.07) is 9.48. The quantitative estimate of drug-likeness (QED) is 0.772. The van der Waals surface area contributed by atoms with Crippen LogP contribution in [0.5, 0.6) is 0 Å². The predicted octanol–water partition coefficient (Wildman–Crippen LogP) is 1.34. The summed E-state index contributed by atoms with van der Waals surface area (Å²) in [4.78, 5) is 10.1. The van der Waals surface area contributed by atoms with Crippen molar-refractivity contribution in [2.45, 2.75) is 11.3 Å². The average Bonchev–Trinajstić information content (AvgIpc) is 2.19. The molecule has 15 heavy (non-hydrogen) atoms. The molecule has 0 radical (unpaired) electrons. The molecule has 0 saturated carbocycles. The Hall–Kier alpha value is -1.06. The number of amides is 1. The Bertz CT molecular complexity index is 329. The van der Waals surface area contributed by atoms with Crippen molar-refractivity contribution in [2.24, 2.45) is 5.73 Å². The van der Waals surface area contributed by atoms with E-state index >= 15 is 0 Å². The maximum atomic E-state index is 11.2. The van der Waals surface area contributed by atoms with Gasteiger partial charge >= 0.3 is 0 Å². The van der Waals surface area contributed by atoms with Gasteiger partial charge < -0.3 is 10.5 Å². The van der Waals surface area contributed by atoms with Crippen LogP contribution in [0.1, 0.15) is 5.56 Å². The number of benzene rings is 1. The number of primary amides is 1. The lowest BCUT2D eigenvalue weighted by Gasteiger charge is -2.22. The van der Waals surface area contributed by atoms with Crippen LogP contribution in [-0.4, -0.2) is 24.5 Å². The Morgan fingerprint density at radius 1 is 1.47 bits per heavy atom. The van der Waals surface area contributed by atoms with Crippen LogP contribution in [0.4, 0.5) is 0 Å². The first-order valence-corrected chi connectivity index (χ1v) is 4.98. The van der Waals surface area contributed by atoms with Crippen LogP contribution in [0.25, 0.3) is 0 Å². The molecule has 1 amide bonds. The lowest BCUT2D eigenvalue weighted by atomic mass is 9.98. The van der Waals surface area contributed by atoms with E-state index in [1.54, 1.807) is 0 Å². The largest absolute Gasteiger partial charge is 0.382 e. The Labute approximate surface area is 94.2 Å². The third-order valence-corrected chi connectivity index (χ3v) is 2.57. The van der Waals surface area contributed by atoms with E-state index < -0.39 is 10.8 Å². The number of carbonyl (C=O) groups excluding carboxylic acids is 1. The van der Waals surface area contributed by atoms with Crippen molar-refractivity contribution in [1.29, 1.82) is 0 Å². The average molecular weight is 228 g/mol. The minimum Gasteiger partial charge on any atom is -0.382 e. The van der Waals surface area contributed by atoms with Crippen LogP contribution in [0.2, 0.25) is 0 Å². The molecule has 1 rings (SSSR count). The second-order valence-corrected chi connectivity index (χ2v) is 4.15. The fraction of sp³-hybridized carbons (Fsp3) is 0.364. The number of alkyl halides is 1. The first-order valence-electron chi connectivity index (χ1n) is 4.60. The molecule has 3 nitrogen and oxygen atoms in total. The molecule has 1 unspecified atom stereocenters. The second-order valence-electron chi connectivity index (χ2n) is 3.42. The van der Waals surface area contributed by atoms with Crippen LogP contribution in [-0.2, 0) is 16.0 Å². The van der Waals surface area contributed by atoms with E-state index in [1.165, 1.54) is 7.11 Å². The van der Waals surface area contributed by atoms with Gasteiger partial charge in [0.2, 0.25) is 5.91 Å². The van der Waals surface area contributed by atoms with Crippen molar-refractivity contribution >= 4 is 17.5 Å². The lowest BCUT2D eigenvalue weighted by molar-refractivity contribution is -0.121. The standard InChI is InChI=1S/C11H14ClNO2/c1-15-8-11(12,10(13)14)7-9-5-3-2-4-6-9/h2-6H,7-8H2,1H3,(H2,13,14). The number of rotatable bonds is 5. The van der Waals surface area contributed by atoms with Gasteiger partial charge in [0.25, 0.3) is 0 Å². The summed E-state index contributed by atoms with van der Waals surface area (Å²) in [6.45, 7) is 0.110. The van der Waals surface area contributed by atoms with Crippen LogP contribution in [0, 0.1) is 0 Å². The molecular formula is C11H14ClNO2. The summed E-state index contributed by atoms with van der Waals surface area (Å²) in [7, 11) is 1.49. The Morgan fingerprint density at radius 2 is 2.07 bits per heavy atom. The smallest absolute Gasteiger partial charge is 0.241 e. The number of ether oxygens (including phenoxy) is 1. The van der Waals surface area contributed by atoms with Crippen molar-refractivity contribution in [1.82, 2.24) is 0 Å². The number of methoxy groups -OCH3 is 1. The summed E-state index contributed by atoms with van der Waals surface area (Å²) < 4.78 is 4.91. The highest BCUT2D eigenvalue weighted by molar-refractivity contribution is 6.35. The van der Waals surface area contributed by atoms with Crippen molar-refractivity contribution in [3.63, 3.8) is 0 Å². The number of hydrogen-bond donors (Lipinski definition) is 1. The normalized spacial score (nSPS) is 14.5. The van der Waals surface area contributed by atoms with Crippen molar-refractivity contribution < 1.29 is 9.53 Å². The molecule has 0 aromatic heterocycles. The molecule has 82 valence electrons. The fourth-order valence-electron chi connectivity index (χ4n) is 1.36. The lowest BCUT2D eigenvalue weighted by Crippen LogP contribution is -2.44. The highest BCUT2D eigenvalue weighted by Gasteiger charge is 2.34. The van der Waals surface area contributed by atoms with Gasteiger partial charge in [0.15, 0.2) is 0 Å². The van der Waals surface area contributed by atoms with Crippen LogP contribution < -0.4 is 5.73 Å². The van der Waals surface area contributed by atoms with Crippen molar-refractivity contribution in [3.05, 3.63) is 35.9 Å². The molecule has 4 heteroatoms. The minimum atomic E-state index is -1.16. The third kappa shape index (κ3) is 3.22. The predicted molar refractivity (Wildman–Crippen MR) is 59.8 cm³/mol. The van der Waals surface area contributed by atoms with Gasteiger partial charge in [0, 0.05) is 13.5 Å². The first kappa shape index (κ1) is 12.0. The number of halogens is 1. The van der Waals surface area contributed by atoms with Crippen LogP contribution in [0.15, 0.2) is 30.3 Å². The number of carbonyl (C=O) groups is 1. The molecule has 1 aromatic carbocycles. The van der Waals surface area contributed by atoms with E-state index in [9.17, 15) is 4.79 Å². The summed E-state index contributed by atoms with van der Waals surface area (Å²) >= 11 is 6.11. The highest BCUT2D eigenvalue weighted by atomic mass is 35.5. The molecule has 0 spiro atoms. The zero-order valence-electron chi connectivity index (χ0n) is 8.57. The Morgan fingerprint density at radius 3 is 2.53 bits per heavy atom.